The van der Waals surface area contributed by atoms with Crippen LogP contribution in [0.15, 0.2) is 65.8 Å². The number of nitrogens with one attached hydrogen (secondary N) is 1. The third-order valence-corrected chi connectivity index (χ3v) is 5.99. The number of sulfonamides is 1. The summed E-state index contributed by atoms with van der Waals surface area (Å²) in [5, 5.41) is 4.63. The molecule has 28 heavy (non-hydrogen) atoms. The molecule has 7 nitrogen and oxygen atoms in total. The lowest BCUT2D eigenvalue weighted by Crippen LogP contribution is -2.13. The highest BCUT2D eigenvalue weighted by Crippen LogP contribution is 2.30. The van der Waals surface area contributed by atoms with Gasteiger partial charge in [0.2, 0.25) is 0 Å². The maximum absolute atomic E-state index is 12.6. The van der Waals surface area contributed by atoms with Gasteiger partial charge in [-0.1, -0.05) is 17.7 Å². The lowest BCUT2D eigenvalue weighted by molar-refractivity contribution is 0.601. The number of fused-ring (bicyclic) bond motifs is 1. The number of hydrogen-bond donors (Lipinski definition) is 2. The van der Waals surface area contributed by atoms with E-state index in [0.29, 0.717) is 27.7 Å². The summed E-state index contributed by atoms with van der Waals surface area (Å²) in [6.07, 6.45) is 3.31. The second-order valence-corrected chi connectivity index (χ2v) is 8.37. The molecule has 3 N–H and O–H groups in total. The van der Waals surface area contributed by atoms with Crippen molar-refractivity contribution in [3.05, 3.63) is 71.5 Å². The summed E-state index contributed by atoms with van der Waals surface area (Å²) in [6, 6.07) is 13.1. The van der Waals surface area contributed by atoms with Gasteiger partial charge in [0.15, 0.2) is 5.65 Å². The first kappa shape index (κ1) is 18.3. The summed E-state index contributed by atoms with van der Waals surface area (Å²) in [5.41, 5.74) is 9.62. The van der Waals surface area contributed by atoms with Crippen LogP contribution in [0.3, 0.4) is 0 Å². The zero-order valence-electron chi connectivity index (χ0n) is 14.8. The van der Waals surface area contributed by atoms with Gasteiger partial charge in [0.05, 0.1) is 16.8 Å². The van der Waals surface area contributed by atoms with E-state index in [1.165, 1.54) is 24.3 Å². The number of anilines is 2. The molecule has 0 aliphatic carbocycles. The number of nitrogen functional groups attached to an aromatic ring is 1. The van der Waals surface area contributed by atoms with Gasteiger partial charge in [0, 0.05) is 22.8 Å². The Hall–Kier alpha value is -3.10. The number of nitrogens with zero attached hydrogens (tertiary/aromatic N) is 3. The van der Waals surface area contributed by atoms with Crippen LogP contribution in [-0.2, 0) is 10.0 Å². The minimum Gasteiger partial charge on any atom is -0.383 e. The maximum atomic E-state index is 12.6. The van der Waals surface area contributed by atoms with Crippen LogP contribution in [0.25, 0.3) is 16.8 Å². The first-order valence-corrected chi connectivity index (χ1v) is 10.2. The van der Waals surface area contributed by atoms with Gasteiger partial charge in [-0.05, 0) is 54.4 Å². The average Bonchev–Trinajstić information content (AvgIpc) is 3.14. The van der Waals surface area contributed by atoms with E-state index in [9.17, 15) is 8.42 Å². The van der Waals surface area contributed by atoms with Crippen LogP contribution in [0, 0.1) is 6.92 Å². The summed E-state index contributed by atoms with van der Waals surface area (Å²) in [7, 11) is -3.72. The smallest absolute Gasteiger partial charge is 0.261 e. The molecule has 4 rings (SSSR count). The molecule has 142 valence electrons. The van der Waals surface area contributed by atoms with E-state index >= 15 is 0 Å². The summed E-state index contributed by atoms with van der Waals surface area (Å²) in [6.45, 7) is 1.82. The second-order valence-electron chi connectivity index (χ2n) is 6.25. The van der Waals surface area contributed by atoms with Gasteiger partial charge in [0.25, 0.3) is 10.0 Å². The molecule has 0 unspecified atom stereocenters. The van der Waals surface area contributed by atoms with Crippen molar-refractivity contribution >= 4 is 38.8 Å². The number of rotatable bonds is 4. The molecule has 0 bridgehead atoms. The largest absolute Gasteiger partial charge is 0.383 e. The normalized spacial score (nSPS) is 11.6. The highest BCUT2D eigenvalue weighted by molar-refractivity contribution is 7.92. The Morgan fingerprint density at radius 2 is 1.86 bits per heavy atom. The van der Waals surface area contributed by atoms with Crippen LogP contribution in [0.1, 0.15) is 5.56 Å². The maximum Gasteiger partial charge on any atom is 0.261 e. The monoisotopic (exact) mass is 413 g/mol. The summed E-state index contributed by atoms with van der Waals surface area (Å²) >= 11 is 5.83. The molecular formula is C19H16ClN5O2S. The van der Waals surface area contributed by atoms with Crippen LogP contribution in [0.4, 0.5) is 11.5 Å². The Morgan fingerprint density at radius 3 is 2.57 bits per heavy atom. The van der Waals surface area contributed by atoms with E-state index in [0.717, 1.165) is 11.1 Å². The van der Waals surface area contributed by atoms with Gasteiger partial charge in [-0.3, -0.25) is 4.72 Å². The molecule has 0 atom stereocenters. The van der Waals surface area contributed by atoms with E-state index < -0.39 is 10.0 Å². The molecule has 4 aromatic rings. The molecule has 0 amide bonds. The van der Waals surface area contributed by atoms with Crippen LogP contribution in [0.2, 0.25) is 5.02 Å². The van der Waals surface area contributed by atoms with Crippen LogP contribution in [-0.4, -0.2) is 23.0 Å². The Kier molecular flexibility index (Phi) is 4.44. The van der Waals surface area contributed by atoms with Crippen LogP contribution < -0.4 is 10.5 Å². The van der Waals surface area contributed by atoms with Gasteiger partial charge in [-0.15, -0.1) is 0 Å². The molecule has 0 aliphatic heterocycles. The molecule has 2 aromatic carbocycles. The summed E-state index contributed by atoms with van der Waals surface area (Å²) in [5.74, 6) is 0.462. The fraction of sp³-hybridized carbons (Fsp3) is 0.0526. The quantitative estimate of drug-likeness (QED) is 0.530. The molecule has 0 aliphatic rings. The number of nitrogens with two attached hydrogens (primary N) is 1. The predicted molar refractivity (Wildman–Crippen MR) is 110 cm³/mol. The molecule has 0 fully saturated rings. The highest BCUT2D eigenvalue weighted by Gasteiger charge is 2.16. The third-order valence-electron chi connectivity index (χ3n) is 4.36. The number of hydrogen-bond acceptors (Lipinski definition) is 5. The molecule has 9 heteroatoms. The predicted octanol–water partition coefficient (Wildman–Crippen LogP) is 3.74. The minimum atomic E-state index is -3.72. The zero-order chi connectivity index (χ0) is 19.9. The number of aromatic nitrogens is 3. The van der Waals surface area contributed by atoms with Crippen molar-refractivity contribution in [2.45, 2.75) is 11.8 Å². The van der Waals surface area contributed by atoms with Crippen molar-refractivity contribution in [3.8, 4) is 11.1 Å². The molecule has 0 radical (unpaired) electrons. The van der Waals surface area contributed by atoms with Gasteiger partial charge < -0.3 is 5.73 Å². The first-order chi connectivity index (χ1) is 13.3. The number of benzene rings is 2. The summed E-state index contributed by atoms with van der Waals surface area (Å²) in [4.78, 5) is 4.47. The van der Waals surface area contributed by atoms with Gasteiger partial charge in [0.1, 0.15) is 5.82 Å². The molecule has 0 spiro atoms. The standard InChI is InChI=1S/C19H16ClN5O2S/c1-12-10-13(16-11-22-18-8-9-23-25(18)19(16)21)2-7-17(12)24-28(26,27)15-5-3-14(20)4-6-15/h2-11,24H,21H2,1H3. The van der Waals surface area contributed by atoms with Crippen LogP contribution in [0.5, 0.6) is 0 Å². The van der Waals surface area contributed by atoms with E-state index in [4.69, 9.17) is 17.3 Å². The summed E-state index contributed by atoms with van der Waals surface area (Å²) < 4.78 is 29.4. The Labute approximate surface area is 166 Å². The first-order valence-electron chi connectivity index (χ1n) is 8.33. The fourth-order valence-electron chi connectivity index (χ4n) is 2.88. The van der Waals surface area contributed by atoms with Gasteiger partial charge in [-0.25, -0.2) is 13.4 Å². The van der Waals surface area contributed by atoms with Crippen molar-refractivity contribution in [2.75, 3.05) is 10.5 Å². The van der Waals surface area contributed by atoms with Gasteiger partial charge in [-0.2, -0.15) is 9.61 Å². The Balaban J connectivity index is 1.68. The lowest BCUT2D eigenvalue weighted by atomic mass is 10.0. The molecule has 2 heterocycles. The van der Waals surface area contributed by atoms with Crippen LogP contribution >= 0.6 is 11.6 Å². The van der Waals surface area contributed by atoms with Crippen molar-refractivity contribution in [3.63, 3.8) is 0 Å². The molecule has 0 saturated heterocycles. The van der Waals surface area contributed by atoms with Crippen molar-refractivity contribution in [2.24, 2.45) is 0 Å². The zero-order valence-corrected chi connectivity index (χ0v) is 16.4. The van der Waals surface area contributed by atoms with E-state index in [2.05, 4.69) is 14.8 Å². The third kappa shape index (κ3) is 3.28. The Morgan fingerprint density at radius 1 is 1.11 bits per heavy atom. The molecular weight excluding hydrogens is 398 g/mol. The lowest BCUT2D eigenvalue weighted by Gasteiger charge is -2.13. The Bertz CT molecular complexity index is 1280. The second kappa shape index (κ2) is 6.81. The fourth-order valence-corrected chi connectivity index (χ4v) is 4.13. The van der Waals surface area contributed by atoms with Crippen molar-refractivity contribution in [1.82, 2.24) is 14.6 Å². The van der Waals surface area contributed by atoms with E-state index in [-0.39, 0.29) is 4.90 Å². The van der Waals surface area contributed by atoms with E-state index in [1.807, 2.05) is 13.0 Å². The molecule has 0 saturated carbocycles. The van der Waals surface area contributed by atoms with E-state index in [1.54, 1.807) is 35.1 Å². The average molecular weight is 414 g/mol. The van der Waals surface area contributed by atoms with Crippen molar-refractivity contribution < 1.29 is 8.42 Å². The molecule has 2 aromatic heterocycles. The topological polar surface area (TPSA) is 102 Å². The number of halogens is 1. The number of aryl methyl sites for hydroxylation is 1. The SMILES string of the molecule is Cc1cc(-c2cnc3ccnn3c2N)ccc1NS(=O)(=O)c1ccc(Cl)cc1. The van der Waals surface area contributed by atoms with Gasteiger partial charge >= 0.3 is 0 Å². The highest BCUT2D eigenvalue weighted by atomic mass is 35.5. The van der Waals surface area contributed by atoms with Crippen molar-refractivity contribution in [1.29, 1.82) is 0 Å². The minimum absolute atomic E-state index is 0.137.